The van der Waals surface area contributed by atoms with Gasteiger partial charge in [0.1, 0.15) is 0 Å². The Balaban J connectivity index is 1.33. The summed E-state index contributed by atoms with van der Waals surface area (Å²) < 4.78 is 1.83. The van der Waals surface area contributed by atoms with Crippen LogP contribution in [-0.4, -0.2) is 44.9 Å². The zero-order valence-electron chi connectivity index (χ0n) is 14.6. The van der Waals surface area contributed by atoms with Crippen LogP contribution in [0.25, 0.3) is 5.69 Å². The Morgan fingerprint density at radius 1 is 1.16 bits per heavy atom. The van der Waals surface area contributed by atoms with Gasteiger partial charge in [-0.05, 0) is 44.7 Å². The molecule has 0 radical (unpaired) electrons. The number of carbonyl (C=O) groups excluding carboxylic acids is 1. The maximum absolute atomic E-state index is 11.9. The van der Waals surface area contributed by atoms with Crippen molar-refractivity contribution >= 4 is 5.91 Å². The van der Waals surface area contributed by atoms with Crippen LogP contribution in [0.2, 0.25) is 0 Å². The van der Waals surface area contributed by atoms with Crippen molar-refractivity contribution in [1.29, 1.82) is 0 Å². The molecule has 6 heteroatoms. The Hall–Kier alpha value is -2.21. The Bertz CT molecular complexity index is 716. The lowest BCUT2D eigenvalue weighted by Crippen LogP contribution is -2.45. The first kappa shape index (κ1) is 16.3. The third kappa shape index (κ3) is 3.74. The van der Waals surface area contributed by atoms with Crippen molar-refractivity contribution in [2.45, 2.75) is 44.7 Å². The first-order valence-electron chi connectivity index (χ1n) is 9.23. The van der Waals surface area contributed by atoms with Gasteiger partial charge in [0.25, 0.3) is 0 Å². The number of hydrogen-bond acceptors (Lipinski definition) is 4. The lowest BCUT2D eigenvalue weighted by atomic mass is 10.0. The number of likely N-dealkylation sites (tertiary alicyclic amines) is 1. The van der Waals surface area contributed by atoms with Crippen LogP contribution in [0.1, 0.15) is 44.3 Å². The van der Waals surface area contributed by atoms with E-state index < -0.39 is 0 Å². The van der Waals surface area contributed by atoms with Crippen molar-refractivity contribution in [2.24, 2.45) is 5.92 Å². The van der Waals surface area contributed by atoms with Gasteiger partial charge < -0.3 is 5.32 Å². The van der Waals surface area contributed by atoms with Crippen molar-refractivity contribution in [1.82, 2.24) is 25.2 Å². The number of nitrogens with one attached hydrogen (secondary N) is 1. The molecule has 132 valence electrons. The maximum atomic E-state index is 11.9. The SMILES string of the molecule is CC(c1cn(-c2ccccc2)nn1)N1CCC(NC(=O)C2CC2)CC1. The standard InChI is InChI=1S/C19H25N5O/c1-14(18-13-24(22-21-18)17-5-3-2-4-6-17)23-11-9-16(10-12-23)20-19(25)15-7-8-15/h2-6,13-16H,7-12H2,1H3,(H,20,25). The van der Waals surface area contributed by atoms with E-state index in [1.165, 1.54) is 0 Å². The molecule has 1 aromatic carbocycles. The second-order valence-corrected chi connectivity index (χ2v) is 7.19. The minimum atomic E-state index is 0.234. The third-order valence-corrected chi connectivity index (χ3v) is 5.33. The number of para-hydroxylation sites is 1. The molecule has 2 fully saturated rings. The predicted octanol–water partition coefficient (Wildman–Crippen LogP) is 2.32. The number of nitrogens with zero attached hydrogens (tertiary/aromatic N) is 4. The first-order chi connectivity index (χ1) is 12.2. The molecule has 2 heterocycles. The summed E-state index contributed by atoms with van der Waals surface area (Å²) in [6.45, 7) is 4.15. The summed E-state index contributed by atoms with van der Waals surface area (Å²) in [6.07, 6.45) is 6.17. The third-order valence-electron chi connectivity index (χ3n) is 5.33. The molecule has 1 N–H and O–H groups in total. The van der Waals surface area contributed by atoms with Gasteiger partial charge in [-0.15, -0.1) is 5.10 Å². The van der Waals surface area contributed by atoms with E-state index in [1.54, 1.807) is 0 Å². The van der Waals surface area contributed by atoms with Gasteiger partial charge in [0.2, 0.25) is 5.91 Å². The molecule has 0 bridgehead atoms. The summed E-state index contributed by atoms with van der Waals surface area (Å²) in [4.78, 5) is 14.3. The number of benzene rings is 1. The number of amides is 1. The molecule has 2 aliphatic rings. The molecule has 1 aliphatic heterocycles. The number of hydrogen-bond donors (Lipinski definition) is 1. The van der Waals surface area contributed by atoms with E-state index in [4.69, 9.17) is 0 Å². The molecule has 1 aliphatic carbocycles. The van der Waals surface area contributed by atoms with Gasteiger partial charge >= 0.3 is 0 Å². The largest absolute Gasteiger partial charge is 0.353 e. The summed E-state index contributed by atoms with van der Waals surface area (Å²) in [7, 11) is 0. The van der Waals surface area contributed by atoms with Gasteiger partial charge in [0.15, 0.2) is 0 Å². The van der Waals surface area contributed by atoms with Crippen molar-refractivity contribution in [3.05, 3.63) is 42.2 Å². The second-order valence-electron chi connectivity index (χ2n) is 7.19. The number of piperidine rings is 1. The molecule has 1 amide bonds. The fourth-order valence-corrected chi connectivity index (χ4v) is 3.46. The molecule has 1 unspecified atom stereocenters. The minimum Gasteiger partial charge on any atom is -0.353 e. The smallest absolute Gasteiger partial charge is 0.223 e. The van der Waals surface area contributed by atoms with Gasteiger partial charge in [-0.2, -0.15) is 0 Å². The van der Waals surface area contributed by atoms with Gasteiger partial charge in [0.05, 0.1) is 23.6 Å². The summed E-state index contributed by atoms with van der Waals surface area (Å²) in [6, 6.07) is 10.6. The quantitative estimate of drug-likeness (QED) is 0.908. The maximum Gasteiger partial charge on any atom is 0.223 e. The van der Waals surface area contributed by atoms with Gasteiger partial charge in [-0.25, -0.2) is 4.68 Å². The van der Waals surface area contributed by atoms with Crippen LogP contribution < -0.4 is 5.32 Å². The van der Waals surface area contributed by atoms with Crippen LogP contribution in [-0.2, 0) is 4.79 Å². The van der Waals surface area contributed by atoms with Crippen LogP contribution in [0.5, 0.6) is 0 Å². The van der Waals surface area contributed by atoms with Crippen molar-refractivity contribution < 1.29 is 4.79 Å². The van der Waals surface area contributed by atoms with E-state index in [2.05, 4.69) is 27.5 Å². The zero-order valence-corrected chi connectivity index (χ0v) is 14.6. The lowest BCUT2D eigenvalue weighted by molar-refractivity contribution is -0.123. The van der Waals surface area contributed by atoms with Crippen LogP contribution in [0, 0.1) is 5.92 Å². The Labute approximate surface area is 148 Å². The highest BCUT2D eigenvalue weighted by Crippen LogP contribution is 2.30. The summed E-state index contributed by atoms with van der Waals surface area (Å²) in [5, 5.41) is 11.8. The van der Waals surface area contributed by atoms with E-state index in [-0.39, 0.29) is 11.9 Å². The average Bonchev–Trinajstić information content (AvgIpc) is 3.39. The Morgan fingerprint density at radius 3 is 2.56 bits per heavy atom. The Morgan fingerprint density at radius 2 is 1.88 bits per heavy atom. The molecule has 0 spiro atoms. The fraction of sp³-hybridized carbons (Fsp3) is 0.526. The topological polar surface area (TPSA) is 63.1 Å². The highest BCUT2D eigenvalue weighted by Gasteiger charge is 2.32. The molecule has 6 nitrogen and oxygen atoms in total. The second kappa shape index (κ2) is 6.96. The van der Waals surface area contributed by atoms with Gasteiger partial charge in [-0.1, -0.05) is 23.4 Å². The van der Waals surface area contributed by atoms with Crippen LogP contribution in [0.3, 0.4) is 0 Å². The van der Waals surface area contributed by atoms with E-state index in [0.29, 0.717) is 12.0 Å². The van der Waals surface area contributed by atoms with Crippen LogP contribution in [0.15, 0.2) is 36.5 Å². The molecular weight excluding hydrogens is 314 g/mol. The predicted molar refractivity (Wildman–Crippen MR) is 95.2 cm³/mol. The number of rotatable bonds is 5. The van der Waals surface area contributed by atoms with E-state index in [0.717, 1.165) is 50.2 Å². The highest BCUT2D eigenvalue weighted by molar-refractivity contribution is 5.81. The number of aromatic nitrogens is 3. The van der Waals surface area contributed by atoms with Crippen LogP contribution >= 0.6 is 0 Å². The molecule has 1 aromatic heterocycles. The summed E-state index contributed by atoms with van der Waals surface area (Å²) in [5.41, 5.74) is 2.01. The fourth-order valence-electron chi connectivity index (χ4n) is 3.46. The average molecular weight is 339 g/mol. The molecule has 1 saturated carbocycles. The van der Waals surface area contributed by atoms with Crippen molar-refractivity contribution in [3.63, 3.8) is 0 Å². The molecule has 1 atom stereocenters. The van der Waals surface area contributed by atoms with E-state index >= 15 is 0 Å². The van der Waals surface area contributed by atoms with Gasteiger partial charge in [-0.3, -0.25) is 9.69 Å². The summed E-state index contributed by atoms with van der Waals surface area (Å²) >= 11 is 0. The minimum absolute atomic E-state index is 0.234. The van der Waals surface area contributed by atoms with Gasteiger partial charge in [0, 0.05) is 25.0 Å². The molecule has 2 aromatic rings. The Kier molecular flexibility index (Phi) is 4.53. The summed E-state index contributed by atoms with van der Waals surface area (Å²) in [5.74, 6) is 0.558. The van der Waals surface area contributed by atoms with E-state index in [9.17, 15) is 4.79 Å². The van der Waals surface area contributed by atoms with Crippen molar-refractivity contribution in [3.8, 4) is 5.69 Å². The normalized spacial score (nSPS) is 20.4. The van der Waals surface area contributed by atoms with Crippen molar-refractivity contribution in [2.75, 3.05) is 13.1 Å². The molecule has 4 rings (SSSR count). The van der Waals surface area contributed by atoms with Crippen LogP contribution in [0.4, 0.5) is 0 Å². The molecular formula is C19H25N5O. The zero-order chi connectivity index (χ0) is 17.2. The first-order valence-corrected chi connectivity index (χ1v) is 9.23. The molecule has 1 saturated heterocycles. The monoisotopic (exact) mass is 339 g/mol. The molecule has 25 heavy (non-hydrogen) atoms. The number of carbonyl (C=O) groups is 1. The lowest BCUT2D eigenvalue weighted by Gasteiger charge is -2.35. The highest BCUT2D eigenvalue weighted by atomic mass is 16.2. The van der Waals surface area contributed by atoms with E-state index in [1.807, 2.05) is 41.2 Å².